The Morgan fingerprint density at radius 3 is 2.25 bits per heavy atom. The van der Waals surface area contributed by atoms with Crippen LogP contribution < -0.4 is 9.62 Å². The van der Waals surface area contributed by atoms with Gasteiger partial charge in [0.2, 0.25) is 21.8 Å². The van der Waals surface area contributed by atoms with Gasteiger partial charge in [-0.05, 0) is 43.0 Å². The molecule has 2 aromatic rings. The Hall–Kier alpha value is -3.18. The number of nitro benzene ring substituents is 1. The highest BCUT2D eigenvalue weighted by Gasteiger charge is 2.31. The first-order valence-corrected chi connectivity index (χ1v) is 13.5. The number of aryl methyl sites for hydroxylation is 1. The van der Waals surface area contributed by atoms with Gasteiger partial charge in [-0.3, -0.25) is 24.0 Å². The fourth-order valence-corrected chi connectivity index (χ4v) is 4.42. The van der Waals surface area contributed by atoms with Gasteiger partial charge in [0.15, 0.2) is 0 Å². The number of anilines is 1. The fourth-order valence-electron chi connectivity index (χ4n) is 3.40. The summed E-state index contributed by atoms with van der Waals surface area (Å²) in [4.78, 5) is 38.3. The van der Waals surface area contributed by atoms with E-state index >= 15 is 0 Å². The monoisotopic (exact) mass is 538 g/mol. The molecule has 2 aromatic carbocycles. The number of carbonyl (C=O) groups is 2. The second kappa shape index (κ2) is 12.2. The first-order valence-electron chi connectivity index (χ1n) is 11.2. The van der Waals surface area contributed by atoms with E-state index in [1.165, 1.54) is 17.0 Å². The molecule has 196 valence electrons. The minimum Gasteiger partial charge on any atom is -0.354 e. The van der Waals surface area contributed by atoms with Crippen molar-refractivity contribution in [2.75, 3.05) is 23.7 Å². The van der Waals surface area contributed by atoms with Crippen molar-refractivity contribution in [3.05, 3.63) is 68.7 Å². The number of nitro groups is 1. The minimum atomic E-state index is -4.01. The van der Waals surface area contributed by atoms with E-state index in [-0.39, 0.29) is 29.7 Å². The molecule has 1 N–H and O–H groups in total. The van der Waals surface area contributed by atoms with Crippen LogP contribution in [0, 0.1) is 23.0 Å². The number of benzene rings is 2. The molecule has 36 heavy (non-hydrogen) atoms. The zero-order valence-corrected chi connectivity index (χ0v) is 22.5. The number of halogens is 1. The highest BCUT2D eigenvalue weighted by Crippen LogP contribution is 2.28. The van der Waals surface area contributed by atoms with E-state index < -0.39 is 33.4 Å². The quantitative estimate of drug-likeness (QED) is 0.344. The van der Waals surface area contributed by atoms with Crippen molar-refractivity contribution in [1.29, 1.82) is 0 Å². The maximum atomic E-state index is 13.5. The molecule has 2 amide bonds. The predicted molar refractivity (Wildman–Crippen MR) is 139 cm³/mol. The Balaban J connectivity index is 2.45. The third kappa shape index (κ3) is 7.92. The molecule has 0 aliphatic rings. The van der Waals surface area contributed by atoms with Crippen molar-refractivity contribution in [3.63, 3.8) is 0 Å². The van der Waals surface area contributed by atoms with Gasteiger partial charge in [-0.25, -0.2) is 8.42 Å². The maximum absolute atomic E-state index is 13.5. The summed E-state index contributed by atoms with van der Waals surface area (Å²) in [6.45, 7) is 6.82. The molecule has 0 radical (unpaired) electrons. The van der Waals surface area contributed by atoms with Crippen LogP contribution in [0.25, 0.3) is 0 Å². The molecule has 1 atom stereocenters. The number of nitrogens with zero attached hydrogens (tertiary/aromatic N) is 3. The van der Waals surface area contributed by atoms with Gasteiger partial charge in [-0.2, -0.15) is 0 Å². The van der Waals surface area contributed by atoms with Crippen molar-refractivity contribution >= 4 is 44.8 Å². The summed E-state index contributed by atoms with van der Waals surface area (Å²) in [6, 6.07) is 9.60. The standard InChI is InChI=1S/C24H31ClN4O6S/c1-16(2)13-26-24(31)18(4)27(14-19-7-9-20(25)10-8-19)23(30)15-28(36(5,34)35)22-12-21(29(32)33)11-6-17(22)3/h6-12,16,18H,13-15H2,1-5H3,(H,26,31)/t18-/m1/s1. The fraction of sp³-hybridized carbons (Fsp3) is 0.417. The van der Waals surface area contributed by atoms with Crippen LogP contribution in [0.2, 0.25) is 5.02 Å². The normalized spacial score (nSPS) is 12.2. The first-order chi connectivity index (χ1) is 16.7. The number of carbonyl (C=O) groups excluding carboxylic acids is 2. The van der Waals surface area contributed by atoms with Crippen LogP contribution in [0.5, 0.6) is 0 Å². The lowest BCUT2D eigenvalue weighted by Gasteiger charge is -2.32. The number of sulfonamides is 1. The van der Waals surface area contributed by atoms with Crippen LogP contribution in [-0.4, -0.2) is 55.4 Å². The van der Waals surface area contributed by atoms with Crippen LogP contribution in [-0.2, 0) is 26.2 Å². The van der Waals surface area contributed by atoms with Crippen molar-refractivity contribution in [3.8, 4) is 0 Å². The molecular formula is C24H31ClN4O6S. The van der Waals surface area contributed by atoms with Crippen molar-refractivity contribution in [1.82, 2.24) is 10.2 Å². The number of non-ortho nitro benzene ring substituents is 1. The van der Waals surface area contributed by atoms with E-state index in [1.807, 2.05) is 13.8 Å². The Kier molecular flexibility index (Phi) is 9.83. The first kappa shape index (κ1) is 29.1. The lowest BCUT2D eigenvalue weighted by Crippen LogP contribution is -2.51. The Labute approximate surface area is 216 Å². The summed E-state index contributed by atoms with van der Waals surface area (Å²) in [5.74, 6) is -0.837. The van der Waals surface area contributed by atoms with Gasteiger partial charge in [-0.1, -0.05) is 43.6 Å². The van der Waals surface area contributed by atoms with Gasteiger partial charge in [-0.15, -0.1) is 0 Å². The summed E-state index contributed by atoms with van der Waals surface area (Å²) < 4.78 is 26.2. The van der Waals surface area contributed by atoms with E-state index in [0.29, 0.717) is 22.7 Å². The summed E-state index contributed by atoms with van der Waals surface area (Å²) in [5.41, 5.74) is 0.832. The highest BCUT2D eigenvalue weighted by molar-refractivity contribution is 7.92. The molecule has 0 aromatic heterocycles. The molecule has 2 rings (SSSR count). The number of nitrogens with one attached hydrogen (secondary N) is 1. The number of hydrogen-bond donors (Lipinski definition) is 1. The van der Waals surface area contributed by atoms with Crippen LogP contribution in [0.4, 0.5) is 11.4 Å². The molecule has 0 saturated carbocycles. The summed E-state index contributed by atoms with van der Waals surface area (Å²) in [7, 11) is -4.01. The van der Waals surface area contributed by atoms with E-state index in [9.17, 15) is 28.1 Å². The SMILES string of the molecule is Cc1ccc([N+](=O)[O-])cc1N(CC(=O)N(Cc1ccc(Cl)cc1)[C@H](C)C(=O)NCC(C)C)S(C)(=O)=O. The van der Waals surface area contributed by atoms with E-state index in [4.69, 9.17) is 11.6 Å². The lowest BCUT2D eigenvalue weighted by atomic mass is 10.1. The number of rotatable bonds is 11. The molecule has 10 nitrogen and oxygen atoms in total. The average Bonchev–Trinajstić information content (AvgIpc) is 2.79. The molecule has 0 unspecified atom stereocenters. The topological polar surface area (TPSA) is 130 Å². The molecule has 0 spiro atoms. The summed E-state index contributed by atoms with van der Waals surface area (Å²) in [5, 5.41) is 14.6. The second-order valence-corrected chi connectivity index (χ2v) is 11.3. The molecule has 0 saturated heterocycles. The second-order valence-electron chi connectivity index (χ2n) is 8.96. The summed E-state index contributed by atoms with van der Waals surface area (Å²) in [6.07, 6.45) is 0.918. The Bertz CT molecular complexity index is 1220. The molecule has 0 fully saturated rings. The third-order valence-corrected chi connectivity index (χ3v) is 6.85. The van der Waals surface area contributed by atoms with Crippen LogP contribution >= 0.6 is 11.6 Å². The zero-order chi connectivity index (χ0) is 27.2. The van der Waals surface area contributed by atoms with Crippen LogP contribution in [0.15, 0.2) is 42.5 Å². The van der Waals surface area contributed by atoms with Gasteiger partial charge in [0.25, 0.3) is 5.69 Å². The summed E-state index contributed by atoms with van der Waals surface area (Å²) >= 11 is 5.97. The van der Waals surface area contributed by atoms with Gasteiger partial charge in [0, 0.05) is 30.2 Å². The predicted octanol–water partition coefficient (Wildman–Crippen LogP) is 3.51. The molecule has 0 aliphatic heterocycles. The molecule has 12 heteroatoms. The number of hydrogen-bond acceptors (Lipinski definition) is 6. The Morgan fingerprint density at radius 1 is 1.11 bits per heavy atom. The maximum Gasteiger partial charge on any atom is 0.271 e. The zero-order valence-electron chi connectivity index (χ0n) is 20.9. The van der Waals surface area contributed by atoms with E-state index in [0.717, 1.165) is 16.6 Å². The van der Waals surface area contributed by atoms with Gasteiger partial charge >= 0.3 is 0 Å². The van der Waals surface area contributed by atoms with Gasteiger partial charge in [0.05, 0.1) is 16.9 Å². The molecule has 0 bridgehead atoms. The third-order valence-electron chi connectivity index (χ3n) is 5.47. The van der Waals surface area contributed by atoms with Crippen LogP contribution in [0.1, 0.15) is 31.9 Å². The van der Waals surface area contributed by atoms with Crippen LogP contribution in [0.3, 0.4) is 0 Å². The van der Waals surface area contributed by atoms with Crippen molar-refractivity contribution in [2.45, 2.75) is 40.3 Å². The molecule has 0 aliphatic carbocycles. The molecular weight excluding hydrogens is 508 g/mol. The van der Waals surface area contributed by atoms with Crippen molar-refractivity contribution < 1.29 is 22.9 Å². The average molecular weight is 539 g/mol. The smallest absolute Gasteiger partial charge is 0.271 e. The van der Waals surface area contributed by atoms with Gasteiger partial charge < -0.3 is 10.2 Å². The largest absolute Gasteiger partial charge is 0.354 e. The van der Waals surface area contributed by atoms with E-state index in [2.05, 4.69) is 5.32 Å². The van der Waals surface area contributed by atoms with E-state index in [1.54, 1.807) is 38.1 Å². The van der Waals surface area contributed by atoms with Crippen molar-refractivity contribution in [2.24, 2.45) is 5.92 Å². The minimum absolute atomic E-state index is 0.0170. The number of amides is 2. The molecule has 0 heterocycles. The lowest BCUT2D eigenvalue weighted by molar-refractivity contribution is -0.384. The van der Waals surface area contributed by atoms with Gasteiger partial charge in [0.1, 0.15) is 12.6 Å². The Morgan fingerprint density at radius 2 is 1.72 bits per heavy atom. The highest BCUT2D eigenvalue weighted by atomic mass is 35.5.